The second-order valence-electron chi connectivity index (χ2n) is 8.25. The van der Waals surface area contributed by atoms with Crippen molar-refractivity contribution in [2.75, 3.05) is 6.61 Å². The third-order valence-corrected chi connectivity index (χ3v) is 5.41. The molecule has 3 nitrogen and oxygen atoms in total. The molecule has 0 aliphatic rings. The molecule has 3 heteroatoms. The molecule has 0 radical (unpaired) electrons. The number of ether oxygens (including phenoxy) is 2. The van der Waals surface area contributed by atoms with Crippen LogP contribution in [-0.4, -0.2) is 18.7 Å². The van der Waals surface area contributed by atoms with Crippen molar-refractivity contribution in [3.05, 3.63) is 83.9 Å². The number of hydrogen-bond acceptors (Lipinski definition) is 3. The maximum atomic E-state index is 12.0. The van der Waals surface area contributed by atoms with Gasteiger partial charge in [0.15, 0.2) is 0 Å². The lowest BCUT2D eigenvalue weighted by Gasteiger charge is -2.26. The van der Waals surface area contributed by atoms with Crippen LogP contribution in [0.15, 0.2) is 72.8 Å². The first-order valence-corrected chi connectivity index (χ1v) is 11.7. The van der Waals surface area contributed by atoms with Gasteiger partial charge in [0.1, 0.15) is 12.7 Å². The van der Waals surface area contributed by atoms with Crippen molar-refractivity contribution in [2.24, 2.45) is 0 Å². The minimum absolute atomic E-state index is 0.163. The van der Waals surface area contributed by atoms with Gasteiger partial charge in [-0.25, -0.2) is 4.79 Å². The van der Waals surface area contributed by atoms with Crippen LogP contribution in [0.1, 0.15) is 82.4 Å². The van der Waals surface area contributed by atoms with E-state index in [-0.39, 0.29) is 24.8 Å². The predicted octanol–water partition coefficient (Wildman–Crippen LogP) is 7.42. The van der Waals surface area contributed by atoms with E-state index in [0.717, 1.165) is 24.0 Å². The van der Waals surface area contributed by atoms with Gasteiger partial charge in [-0.1, -0.05) is 119 Å². The molecule has 168 valence electrons. The molecule has 0 N–H and O–H groups in total. The highest BCUT2D eigenvalue weighted by atomic mass is 16.6. The number of carbonyl (C=O) groups is 1. The van der Waals surface area contributed by atoms with E-state index in [9.17, 15) is 4.79 Å². The van der Waals surface area contributed by atoms with Crippen LogP contribution in [0.3, 0.4) is 0 Å². The van der Waals surface area contributed by atoms with E-state index in [2.05, 4.69) is 37.8 Å². The summed E-state index contributed by atoms with van der Waals surface area (Å²) >= 11 is 0. The summed E-state index contributed by atoms with van der Waals surface area (Å²) in [6, 6.07) is 20.5. The number of esters is 1. The standard InChI is InChI=1S/C28H38O3/c1-4-5-6-7-8-9-16-21-26(22-30-28(29)23(2)3)31-27(24-17-12-10-13-18-24)25-19-14-11-15-20-25/h10-15,17-20,26-27H,2,4-9,16,21-22H2,1,3H3. The summed E-state index contributed by atoms with van der Waals surface area (Å²) in [4.78, 5) is 12.0. The van der Waals surface area contributed by atoms with Crippen molar-refractivity contribution in [1.82, 2.24) is 0 Å². The van der Waals surface area contributed by atoms with Gasteiger partial charge in [-0.2, -0.15) is 0 Å². The van der Waals surface area contributed by atoms with E-state index >= 15 is 0 Å². The lowest BCUT2D eigenvalue weighted by Crippen LogP contribution is -2.25. The van der Waals surface area contributed by atoms with E-state index in [4.69, 9.17) is 9.47 Å². The van der Waals surface area contributed by atoms with Crippen molar-refractivity contribution < 1.29 is 14.3 Å². The Bertz CT molecular complexity index is 715. The number of benzene rings is 2. The normalized spacial score (nSPS) is 12.0. The fraction of sp³-hybridized carbons (Fsp3) is 0.464. The van der Waals surface area contributed by atoms with Crippen LogP contribution in [0, 0.1) is 0 Å². The van der Waals surface area contributed by atoms with Gasteiger partial charge in [-0.15, -0.1) is 0 Å². The van der Waals surface area contributed by atoms with E-state index in [1.165, 1.54) is 38.5 Å². The third-order valence-electron chi connectivity index (χ3n) is 5.41. The summed E-state index contributed by atoms with van der Waals surface area (Å²) in [5.74, 6) is -0.357. The second kappa shape index (κ2) is 14.6. The second-order valence-corrected chi connectivity index (χ2v) is 8.25. The quantitative estimate of drug-likeness (QED) is 0.170. The zero-order chi connectivity index (χ0) is 22.3. The Morgan fingerprint density at radius 2 is 1.35 bits per heavy atom. The summed E-state index contributed by atoms with van der Waals surface area (Å²) in [5, 5.41) is 0. The maximum absolute atomic E-state index is 12.0. The zero-order valence-corrected chi connectivity index (χ0v) is 19.2. The van der Waals surface area contributed by atoms with Gasteiger partial charge in [0.2, 0.25) is 0 Å². The van der Waals surface area contributed by atoms with Crippen molar-refractivity contribution in [3.63, 3.8) is 0 Å². The first-order valence-electron chi connectivity index (χ1n) is 11.7. The van der Waals surface area contributed by atoms with Crippen LogP contribution in [0.2, 0.25) is 0 Å². The van der Waals surface area contributed by atoms with Gasteiger partial charge in [-0.3, -0.25) is 0 Å². The molecule has 0 bridgehead atoms. The molecule has 0 heterocycles. The zero-order valence-electron chi connectivity index (χ0n) is 19.2. The Labute approximate surface area is 188 Å². The molecule has 31 heavy (non-hydrogen) atoms. The lowest BCUT2D eigenvalue weighted by atomic mass is 10.0. The minimum Gasteiger partial charge on any atom is -0.460 e. The molecular weight excluding hydrogens is 384 g/mol. The average Bonchev–Trinajstić information content (AvgIpc) is 2.80. The fourth-order valence-electron chi connectivity index (χ4n) is 3.61. The predicted molar refractivity (Wildman–Crippen MR) is 128 cm³/mol. The van der Waals surface area contributed by atoms with Crippen LogP contribution >= 0.6 is 0 Å². The summed E-state index contributed by atoms with van der Waals surface area (Å²) < 4.78 is 12.1. The number of unbranched alkanes of at least 4 members (excludes halogenated alkanes) is 6. The first-order chi connectivity index (χ1) is 15.1. The van der Waals surface area contributed by atoms with Gasteiger partial charge in [0.05, 0.1) is 6.10 Å². The van der Waals surface area contributed by atoms with Crippen LogP contribution in [0.4, 0.5) is 0 Å². The molecular formula is C28H38O3. The summed E-state index contributed by atoms with van der Waals surface area (Å²) in [7, 11) is 0. The van der Waals surface area contributed by atoms with Crippen LogP contribution in [0.25, 0.3) is 0 Å². The molecule has 0 aliphatic heterocycles. The molecule has 0 saturated heterocycles. The van der Waals surface area contributed by atoms with E-state index in [1.54, 1.807) is 6.92 Å². The molecule has 1 atom stereocenters. The summed E-state index contributed by atoms with van der Waals surface area (Å²) in [6.45, 7) is 7.84. The minimum atomic E-state index is -0.357. The number of hydrogen-bond donors (Lipinski definition) is 0. The molecule has 0 fully saturated rings. The fourth-order valence-corrected chi connectivity index (χ4v) is 3.61. The Morgan fingerprint density at radius 3 is 1.87 bits per heavy atom. The number of rotatable bonds is 15. The Morgan fingerprint density at radius 1 is 0.839 bits per heavy atom. The molecule has 0 spiro atoms. The van der Waals surface area contributed by atoms with Crippen molar-refractivity contribution in [3.8, 4) is 0 Å². The number of carbonyl (C=O) groups excluding carboxylic acids is 1. The van der Waals surface area contributed by atoms with Gasteiger partial charge >= 0.3 is 5.97 Å². The summed E-state index contributed by atoms with van der Waals surface area (Å²) in [5.41, 5.74) is 2.62. The molecule has 0 aliphatic carbocycles. The third kappa shape index (κ3) is 9.52. The SMILES string of the molecule is C=C(C)C(=O)OCC(CCCCCCCCC)OC(c1ccccc1)c1ccccc1. The summed E-state index contributed by atoms with van der Waals surface area (Å²) in [6.07, 6.45) is 9.20. The smallest absolute Gasteiger partial charge is 0.333 e. The van der Waals surface area contributed by atoms with E-state index in [1.807, 2.05) is 36.4 Å². The average molecular weight is 423 g/mol. The Hall–Kier alpha value is -2.39. The van der Waals surface area contributed by atoms with Gasteiger partial charge in [0.25, 0.3) is 0 Å². The van der Waals surface area contributed by atoms with Crippen LogP contribution in [-0.2, 0) is 14.3 Å². The highest BCUT2D eigenvalue weighted by molar-refractivity contribution is 5.86. The highest BCUT2D eigenvalue weighted by Gasteiger charge is 2.21. The van der Waals surface area contributed by atoms with Gasteiger partial charge in [-0.05, 0) is 24.5 Å². The van der Waals surface area contributed by atoms with E-state index in [0.29, 0.717) is 5.57 Å². The molecule has 0 amide bonds. The van der Waals surface area contributed by atoms with Crippen molar-refractivity contribution in [2.45, 2.75) is 77.4 Å². The molecule has 1 unspecified atom stereocenters. The van der Waals surface area contributed by atoms with E-state index < -0.39 is 0 Å². The first kappa shape index (κ1) is 24.9. The Balaban J connectivity index is 2.04. The van der Waals surface area contributed by atoms with Crippen molar-refractivity contribution in [1.29, 1.82) is 0 Å². The molecule has 2 aromatic carbocycles. The Kier molecular flexibility index (Phi) is 11.7. The topological polar surface area (TPSA) is 35.5 Å². The largest absolute Gasteiger partial charge is 0.460 e. The van der Waals surface area contributed by atoms with Crippen molar-refractivity contribution >= 4 is 5.97 Å². The van der Waals surface area contributed by atoms with Crippen LogP contribution in [0.5, 0.6) is 0 Å². The molecule has 0 saturated carbocycles. The van der Waals surface area contributed by atoms with Crippen LogP contribution < -0.4 is 0 Å². The van der Waals surface area contributed by atoms with Gasteiger partial charge in [0, 0.05) is 5.57 Å². The molecule has 2 rings (SSSR count). The molecule has 0 aromatic heterocycles. The molecule has 2 aromatic rings. The highest BCUT2D eigenvalue weighted by Crippen LogP contribution is 2.28. The lowest BCUT2D eigenvalue weighted by molar-refractivity contribution is -0.144. The monoisotopic (exact) mass is 422 g/mol. The van der Waals surface area contributed by atoms with Gasteiger partial charge < -0.3 is 9.47 Å². The maximum Gasteiger partial charge on any atom is 0.333 e.